The SMILES string of the molecule is CCCCCCOC1CC(C)(C)CCC1O. The zero-order valence-electron chi connectivity index (χ0n) is 11.2. The number of rotatable bonds is 6. The Hall–Kier alpha value is -0.0800. The van der Waals surface area contributed by atoms with E-state index in [1.54, 1.807) is 0 Å². The van der Waals surface area contributed by atoms with Gasteiger partial charge in [-0.15, -0.1) is 0 Å². The van der Waals surface area contributed by atoms with E-state index >= 15 is 0 Å². The molecule has 0 heterocycles. The lowest BCUT2D eigenvalue weighted by Gasteiger charge is -2.38. The fourth-order valence-corrected chi connectivity index (χ4v) is 2.44. The van der Waals surface area contributed by atoms with Gasteiger partial charge in [0.2, 0.25) is 0 Å². The molecule has 0 saturated heterocycles. The Morgan fingerprint density at radius 1 is 1.25 bits per heavy atom. The van der Waals surface area contributed by atoms with Gasteiger partial charge in [0, 0.05) is 6.61 Å². The molecule has 2 atom stereocenters. The summed E-state index contributed by atoms with van der Waals surface area (Å²) >= 11 is 0. The average Bonchev–Trinajstić information content (AvgIpc) is 2.23. The maximum absolute atomic E-state index is 9.88. The number of unbranched alkanes of at least 4 members (excludes halogenated alkanes) is 3. The van der Waals surface area contributed by atoms with Crippen LogP contribution in [0.5, 0.6) is 0 Å². The van der Waals surface area contributed by atoms with Gasteiger partial charge in [-0.05, 0) is 31.1 Å². The molecule has 0 spiro atoms. The van der Waals surface area contributed by atoms with Crippen LogP contribution in [0, 0.1) is 5.41 Å². The van der Waals surface area contributed by atoms with Crippen molar-refractivity contribution in [3.63, 3.8) is 0 Å². The Morgan fingerprint density at radius 2 is 2.00 bits per heavy atom. The summed E-state index contributed by atoms with van der Waals surface area (Å²) in [5.41, 5.74) is 0.341. The lowest BCUT2D eigenvalue weighted by molar-refractivity contribution is -0.0865. The molecule has 0 bridgehead atoms. The van der Waals surface area contributed by atoms with E-state index in [2.05, 4.69) is 20.8 Å². The van der Waals surface area contributed by atoms with Gasteiger partial charge < -0.3 is 9.84 Å². The smallest absolute Gasteiger partial charge is 0.0839 e. The van der Waals surface area contributed by atoms with Gasteiger partial charge in [0.1, 0.15) is 0 Å². The molecule has 2 nitrogen and oxygen atoms in total. The van der Waals surface area contributed by atoms with Crippen LogP contribution in [0.25, 0.3) is 0 Å². The molecule has 16 heavy (non-hydrogen) atoms. The largest absolute Gasteiger partial charge is 0.390 e. The predicted molar refractivity (Wildman–Crippen MR) is 67.5 cm³/mol. The third kappa shape index (κ3) is 4.84. The van der Waals surface area contributed by atoms with Crippen LogP contribution in [0.2, 0.25) is 0 Å². The molecule has 1 aliphatic rings. The van der Waals surface area contributed by atoms with Gasteiger partial charge >= 0.3 is 0 Å². The molecule has 2 heteroatoms. The van der Waals surface area contributed by atoms with E-state index in [4.69, 9.17) is 4.74 Å². The molecular formula is C14H28O2. The molecule has 1 aliphatic carbocycles. The summed E-state index contributed by atoms with van der Waals surface area (Å²) in [6, 6.07) is 0. The molecule has 0 aromatic rings. The molecular weight excluding hydrogens is 200 g/mol. The van der Waals surface area contributed by atoms with Gasteiger partial charge in [-0.25, -0.2) is 0 Å². The third-order valence-electron chi connectivity index (χ3n) is 3.63. The van der Waals surface area contributed by atoms with Crippen LogP contribution in [-0.2, 0) is 4.74 Å². The Labute approximate surface area is 100 Å². The van der Waals surface area contributed by atoms with Gasteiger partial charge in [-0.3, -0.25) is 0 Å². The first-order valence-electron chi connectivity index (χ1n) is 6.85. The van der Waals surface area contributed by atoms with E-state index in [0.29, 0.717) is 5.41 Å². The molecule has 1 N–H and O–H groups in total. The first-order valence-corrected chi connectivity index (χ1v) is 6.85. The zero-order chi connectivity index (χ0) is 12.0. The Bertz CT molecular complexity index is 189. The minimum atomic E-state index is -0.237. The van der Waals surface area contributed by atoms with Crippen LogP contribution < -0.4 is 0 Å². The maximum atomic E-state index is 9.88. The highest BCUT2D eigenvalue weighted by Gasteiger charge is 2.34. The number of hydrogen-bond donors (Lipinski definition) is 1. The highest BCUT2D eigenvalue weighted by Crippen LogP contribution is 2.36. The van der Waals surface area contributed by atoms with Crippen molar-refractivity contribution in [2.75, 3.05) is 6.61 Å². The van der Waals surface area contributed by atoms with E-state index in [0.717, 1.165) is 32.3 Å². The van der Waals surface area contributed by atoms with E-state index in [-0.39, 0.29) is 12.2 Å². The van der Waals surface area contributed by atoms with E-state index in [1.165, 1.54) is 19.3 Å². The molecule has 0 radical (unpaired) electrons. The number of aliphatic hydroxyl groups is 1. The molecule has 0 amide bonds. The van der Waals surface area contributed by atoms with Gasteiger partial charge in [0.15, 0.2) is 0 Å². The second-order valence-corrected chi connectivity index (χ2v) is 5.94. The van der Waals surface area contributed by atoms with Crippen molar-refractivity contribution in [1.29, 1.82) is 0 Å². The van der Waals surface area contributed by atoms with Gasteiger partial charge in [-0.2, -0.15) is 0 Å². The summed E-state index contributed by atoms with van der Waals surface area (Å²) in [4.78, 5) is 0. The first-order chi connectivity index (χ1) is 7.55. The number of hydrogen-bond acceptors (Lipinski definition) is 2. The average molecular weight is 228 g/mol. The van der Waals surface area contributed by atoms with Crippen LogP contribution in [0.15, 0.2) is 0 Å². The van der Waals surface area contributed by atoms with Crippen LogP contribution in [0.4, 0.5) is 0 Å². The molecule has 0 aromatic carbocycles. The van der Waals surface area contributed by atoms with Gasteiger partial charge in [0.05, 0.1) is 12.2 Å². The van der Waals surface area contributed by atoms with Crippen LogP contribution in [-0.4, -0.2) is 23.9 Å². The minimum absolute atomic E-state index is 0.0744. The quantitative estimate of drug-likeness (QED) is 0.705. The Kier molecular flexibility index (Phi) is 5.77. The maximum Gasteiger partial charge on any atom is 0.0839 e. The lowest BCUT2D eigenvalue weighted by Crippen LogP contribution is -2.39. The van der Waals surface area contributed by atoms with Crippen molar-refractivity contribution >= 4 is 0 Å². The standard InChI is InChI=1S/C14H28O2/c1-4-5-6-7-10-16-13-11-14(2,3)9-8-12(13)15/h12-13,15H,4-11H2,1-3H3. The van der Waals surface area contributed by atoms with Gasteiger partial charge in [0.25, 0.3) is 0 Å². The Balaban J connectivity index is 2.18. The second-order valence-electron chi connectivity index (χ2n) is 5.94. The van der Waals surface area contributed by atoms with Crippen LogP contribution in [0.1, 0.15) is 65.7 Å². The summed E-state index contributed by atoms with van der Waals surface area (Å²) in [5.74, 6) is 0. The third-order valence-corrected chi connectivity index (χ3v) is 3.63. The molecule has 1 saturated carbocycles. The van der Waals surface area contributed by atoms with Crippen molar-refractivity contribution in [2.24, 2.45) is 5.41 Å². The highest BCUT2D eigenvalue weighted by atomic mass is 16.5. The molecule has 96 valence electrons. The van der Waals surface area contributed by atoms with E-state index < -0.39 is 0 Å². The molecule has 0 aliphatic heterocycles. The minimum Gasteiger partial charge on any atom is -0.390 e. The van der Waals surface area contributed by atoms with Crippen molar-refractivity contribution in [2.45, 2.75) is 77.9 Å². The van der Waals surface area contributed by atoms with Crippen LogP contribution in [0.3, 0.4) is 0 Å². The number of ether oxygens (including phenoxy) is 1. The molecule has 0 aromatic heterocycles. The lowest BCUT2D eigenvalue weighted by atomic mass is 9.75. The summed E-state index contributed by atoms with van der Waals surface area (Å²) < 4.78 is 5.83. The zero-order valence-corrected chi connectivity index (χ0v) is 11.2. The monoisotopic (exact) mass is 228 g/mol. The fraction of sp³-hybridized carbons (Fsp3) is 1.00. The summed E-state index contributed by atoms with van der Waals surface area (Å²) in [6.07, 6.45) is 7.80. The molecule has 2 unspecified atom stereocenters. The molecule has 1 rings (SSSR count). The summed E-state index contributed by atoms with van der Waals surface area (Å²) in [6.45, 7) is 7.57. The first kappa shape index (κ1) is 14.0. The Morgan fingerprint density at radius 3 is 2.69 bits per heavy atom. The van der Waals surface area contributed by atoms with Crippen LogP contribution >= 0.6 is 0 Å². The molecule has 1 fully saturated rings. The summed E-state index contributed by atoms with van der Waals surface area (Å²) in [5, 5.41) is 9.88. The predicted octanol–water partition coefficient (Wildman–Crippen LogP) is 3.52. The highest BCUT2D eigenvalue weighted by molar-refractivity contribution is 4.85. The fourth-order valence-electron chi connectivity index (χ4n) is 2.44. The summed E-state index contributed by atoms with van der Waals surface area (Å²) in [7, 11) is 0. The van der Waals surface area contributed by atoms with Crippen molar-refractivity contribution in [3.05, 3.63) is 0 Å². The van der Waals surface area contributed by atoms with E-state index in [1.807, 2.05) is 0 Å². The van der Waals surface area contributed by atoms with E-state index in [9.17, 15) is 5.11 Å². The topological polar surface area (TPSA) is 29.5 Å². The van der Waals surface area contributed by atoms with Crippen molar-refractivity contribution < 1.29 is 9.84 Å². The number of aliphatic hydroxyl groups excluding tert-OH is 1. The second kappa shape index (κ2) is 6.61. The van der Waals surface area contributed by atoms with Gasteiger partial charge in [-0.1, -0.05) is 40.0 Å². The van der Waals surface area contributed by atoms with Crippen molar-refractivity contribution in [1.82, 2.24) is 0 Å². The normalized spacial score (nSPS) is 29.2. The van der Waals surface area contributed by atoms with Crippen molar-refractivity contribution in [3.8, 4) is 0 Å².